The van der Waals surface area contributed by atoms with E-state index in [0.29, 0.717) is 43.4 Å². The summed E-state index contributed by atoms with van der Waals surface area (Å²) in [5.74, 6) is 0.768. The second-order valence-corrected chi connectivity index (χ2v) is 8.21. The zero-order valence-electron chi connectivity index (χ0n) is 18.9. The van der Waals surface area contributed by atoms with Gasteiger partial charge in [-0.2, -0.15) is 0 Å². The van der Waals surface area contributed by atoms with Crippen LogP contribution in [0, 0.1) is 5.92 Å². The highest BCUT2D eigenvalue weighted by Crippen LogP contribution is 2.33. The van der Waals surface area contributed by atoms with Gasteiger partial charge in [0.2, 0.25) is 0 Å². The molecular weight excluding hydrogens is 388 g/mol. The molecule has 0 spiro atoms. The van der Waals surface area contributed by atoms with Gasteiger partial charge in [0.1, 0.15) is 11.4 Å². The minimum Gasteiger partial charge on any atom is -0.493 e. The molecule has 0 fully saturated rings. The van der Waals surface area contributed by atoms with E-state index in [0.717, 1.165) is 23.3 Å². The van der Waals surface area contributed by atoms with E-state index in [1.54, 1.807) is 0 Å². The molecule has 1 aliphatic rings. The molecule has 1 aliphatic heterocycles. The molecule has 0 saturated carbocycles. The van der Waals surface area contributed by atoms with E-state index in [1.807, 2.05) is 73.3 Å². The average molecular weight is 421 g/mol. The average Bonchev–Trinajstić information content (AvgIpc) is 3.02. The van der Waals surface area contributed by atoms with Gasteiger partial charge in [0.05, 0.1) is 12.2 Å². The van der Waals surface area contributed by atoms with Crippen molar-refractivity contribution in [3.63, 3.8) is 0 Å². The Morgan fingerprint density at radius 1 is 0.935 bits per heavy atom. The van der Waals surface area contributed by atoms with Crippen LogP contribution in [0.5, 0.6) is 5.75 Å². The van der Waals surface area contributed by atoms with Gasteiger partial charge in [-0.1, -0.05) is 63.2 Å². The zero-order valence-corrected chi connectivity index (χ0v) is 18.9. The maximum absolute atomic E-state index is 13.3. The molecule has 0 N–H and O–H groups in total. The minimum atomic E-state index is -0.218. The van der Waals surface area contributed by atoms with Gasteiger partial charge in [0, 0.05) is 19.6 Å². The lowest BCUT2D eigenvalue weighted by Gasteiger charge is -2.25. The maximum Gasteiger partial charge on any atom is 0.277 e. The highest BCUT2D eigenvalue weighted by atomic mass is 16.5. The van der Waals surface area contributed by atoms with Gasteiger partial charge in [-0.3, -0.25) is 14.5 Å². The van der Waals surface area contributed by atoms with Crippen molar-refractivity contribution in [2.24, 2.45) is 5.92 Å². The van der Waals surface area contributed by atoms with Crippen molar-refractivity contribution in [3.8, 4) is 5.75 Å². The van der Waals surface area contributed by atoms with E-state index < -0.39 is 0 Å². The van der Waals surface area contributed by atoms with Crippen LogP contribution >= 0.6 is 0 Å². The van der Waals surface area contributed by atoms with Gasteiger partial charge in [-0.15, -0.1) is 0 Å². The second kappa shape index (κ2) is 10.3. The molecule has 0 unspecified atom stereocenters. The van der Waals surface area contributed by atoms with Crippen LogP contribution in [0.3, 0.4) is 0 Å². The second-order valence-electron chi connectivity index (χ2n) is 8.21. The van der Waals surface area contributed by atoms with Crippen LogP contribution in [0.4, 0.5) is 0 Å². The number of nitrogens with zero attached hydrogens (tertiary/aromatic N) is 2. The van der Waals surface area contributed by atoms with Crippen LogP contribution < -0.4 is 4.74 Å². The summed E-state index contributed by atoms with van der Waals surface area (Å²) in [6.07, 6.45) is 0.727. The topological polar surface area (TPSA) is 49.9 Å². The van der Waals surface area contributed by atoms with E-state index in [9.17, 15) is 9.59 Å². The first-order valence-electron chi connectivity index (χ1n) is 11.1. The van der Waals surface area contributed by atoms with E-state index in [-0.39, 0.29) is 11.8 Å². The standard InChI is InChI=1S/C26H32N2O3/c1-5-16-28-25(29)23(21-12-14-22(15-13-21)31-18-19(3)4)24(26(28)30)27(6-2)17-20-10-8-7-9-11-20/h7-15,19H,5-6,16-18H2,1-4H3. The third kappa shape index (κ3) is 5.16. The number of benzene rings is 2. The van der Waals surface area contributed by atoms with Gasteiger partial charge in [-0.05, 0) is 42.5 Å². The largest absolute Gasteiger partial charge is 0.493 e. The highest BCUT2D eigenvalue weighted by Gasteiger charge is 2.40. The van der Waals surface area contributed by atoms with Crippen LogP contribution in [0.2, 0.25) is 0 Å². The van der Waals surface area contributed by atoms with Gasteiger partial charge in [0.25, 0.3) is 11.8 Å². The van der Waals surface area contributed by atoms with Crippen LogP contribution in [0.25, 0.3) is 5.57 Å². The smallest absolute Gasteiger partial charge is 0.277 e. The van der Waals surface area contributed by atoms with Crippen molar-refractivity contribution in [2.75, 3.05) is 19.7 Å². The minimum absolute atomic E-state index is 0.209. The first-order chi connectivity index (χ1) is 15.0. The first-order valence-corrected chi connectivity index (χ1v) is 11.1. The number of amides is 2. The molecule has 2 amide bonds. The van der Waals surface area contributed by atoms with E-state index >= 15 is 0 Å². The summed E-state index contributed by atoms with van der Waals surface area (Å²) >= 11 is 0. The lowest BCUT2D eigenvalue weighted by Crippen LogP contribution is -2.35. The molecule has 2 aromatic carbocycles. The number of likely N-dealkylation sites (N-methyl/N-ethyl adjacent to an activating group) is 1. The number of rotatable bonds is 10. The molecule has 0 saturated heterocycles. The number of imide groups is 1. The molecule has 5 heteroatoms. The Hall–Kier alpha value is -3.08. The monoisotopic (exact) mass is 420 g/mol. The van der Waals surface area contributed by atoms with E-state index in [2.05, 4.69) is 13.8 Å². The quantitative estimate of drug-likeness (QED) is 0.521. The molecule has 3 rings (SSSR count). The zero-order chi connectivity index (χ0) is 22.4. The highest BCUT2D eigenvalue weighted by molar-refractivity contribution is 6.35. The Morgan fingerprint density at radius 2 is 1.61 bits per heavy atom. The number of carbonyl (C=O) groups excluding carboxylic acids is 2. The summed E-state index contributed by atoms with van der Waals surface area (Å²) < 4.78 is 5.78. The summed E-state index contributed by atoms with van der Waals surface area (Å²) in [5, 5.41) is 0. The molecule has 5 nitrogen and oxygen atoms in total. The molecule has 0 atom stereocenters. The van der Waals surface area contributed by atoms with Crippen LogP contribution in [0.15, 0.2) is 60.3 Å². The SMILES string of the molecule is CCCN1C(=O)C(c2ccc(OCC(C)C)cc2)=C(N(CC)Cc2ccccc2)C1=O. The van der Waals surface area contributed by atoms with Crippen molar-refractivity contribution < 1.29 is 14.3 Å². The number of carbonyl (C=O) groups is 2. The Morgan fingerprint density at radius 3 is 2.19 bits per heavy atom. The van der Waals surface area contributed by atoms with Gasteiger partial charge in [0.15, 0.2) is 0 Å². The van der Waals surface area contributed by atoms with Gasteiger partial charge >= 0.3 is 0 Å². The number of hydrogen-bond acceptors (Lipinski definition) is 4. The van der Waals surface area contributed by atoms with Crippen molar-refractivity contribution in [1.29, 1.82) is 0 Å². The lowest BCUT2D eigenvalue weighted by atomic mass is 10.0. The lowest BCUT2D eigenvalue weighted by molar-refractivity contribution is -0.137. The van der Waals surface area contributed by atoms with E-state index in [1.165, 1.54) is 4.90 Å². The third-order valence-electron chi connectivity index (χ3n) is 5.23. The van der Waals surface area contributed by atoms with Crippen molar-refractivity contribution in [3.05, 3.63) is 71.4 Å². The third-order valence-corrected chi connectivity index (χ3v) is 5.23. The molecule has 164 valence electrons. The molecule has 1 heterocycles. The molecule has 0 aliphatic carbocycles. The summed E-state index contributed by atoms with van der Waals surface area (Å²) in [6, 6.07) is 17.5. The fourth-order valence-corrected chi connectivity index (χ4v) is 3.68. The summed E-state index contributed by atoms with van der Waals surface area (Å²) in [7, 11) is 0. The molecular formula is C26H32N2O3. The summed E-state index contributed by atoms with van der Waals surface area (Å²) in [6.45, 7) is 10.4. The Balaban J connectivity index is 1.99. The fourth-order valence-electron chi connectivity index (χ4n) is 3.68. The van der Waals surface area contributed by atoms with Crippen molar-refractivity contribution in [1.82, 2.24) is 9.80 Å². The van der Waals surface area contributed by atoms with Crippen LogP contribution in [0.1, 0.15) is 45.2 Å². The predicted molar refractivity (Wildman–Crippen MR) is 123 cm³/mol. The van der Waals surface area contributed by atoms with Gasteiger partial charge in [-0.25, -0.2) is 0 Å². The van der Waals surface area contributed by atoms with E-state index in [4.69, 9.17) is 4.74 Å². The summed E-state index contributed by atoms with van der Waals surface area (Å²) in [5.41, 5.74) is 2.81. The Bertz CT molecular complexity index is 933. The molecule has 31 heavy (non-hydrogen) atoms. The Labute approximate surface area is 185 Å². The van der Waals surface area contributed by atoms with Crippen molar-refractivity contribution >= 4 is 17.4 Å². The van der Waals surface area contributed by atoms with Crippen molar-refractivity contribution in [2.45, 2.75) is 40.7 Å². The number of hydrogen-bond donors (Lipinski definition) is 0. The molecule has 2 aromatic rings. The normalized spacial score (nSPS) is 14.0. The molecule has 0 radical (unpaired) electrons. The number of ether oxygens (including phenoxy) is 1. The Kier molecular flexibility index (Phi) is 7.50. The van der Waals surface area contributed by atoms with Gasteiger partial charge < -0.3 is 9.64 Å². The first kappa shape index (κ1) is 22.6. The fraction of sp³-hybridized carbons (Fsp3) is 0.385. The molecule has 0 bridgehead atoms. The van der Waals surface area contributed by atoms with Crippen LogP contribution in [-0.4, -0.2) is 41.3 Å². The molecule has 0 aromatic heterocycles. The maximum atomic E-state index is 13.3. The van der Waals surface area contributed by atoms with Crippen LogP contribution in [-0.2, 0) is 16.1 Å². The summed E-state index contributed by atoms with van der Waals surface area (Å²) in [4.78, 5) is 30.0. The predicted octanol–water partition coefficient (Wildman–Crippen LogP) is 4.73.